The van der Waals surface area contributed by atoms with Gasteiger partial charge in [0.15, 0.2) is 0 Å². The SMILES string of the molecule is CC(C)(C)OC(=O)N1CCC(NC(=O)c2ccc(Nc3ncccn3)cc2F)C1. The summed E-state index contributed by atoms with van der Waals surface area (Å²) >= 11 is 0. The Morgan fingerprint density at radius 1 is 1.24 bits per heavy atom. The first-order chi connectivity index (χ1) is 13.7. The number of aromatic nitrogens is 2. The summed E-state index contributed by atoms with van der Waals surface area (Å²) in [7, 11) is 0. The van der Waals surface area contributed by atoms with Crippen LogP contribution in [0, 0.1) is 5.82 Å². The predicted molar refractivity (Wildman–Crippen MR) is 105 cm³/mol. The summed E-state index contributed by atoms with van der Waals surface area (Å²) in [5, 5.41) is 5.65. The summed E-state index contributed by atoms with van der Waals surface area (Å²) in [6, 6.07) is 5.61. The van der Waals surface area contributed by atoms with E-state index in [0.717, 1.165) is 0 Å². The Hall–Kier alpha value is -3.23. The lowest BCUT2D eigenvalue weighted by molar-refractivity contribution is 0.0290. The molecule has 0 bridgehead atoms. The van der Waals surface area contributed by atoms with Crippen LogP contribution in [0.15, 0.2) is 36.7 Å². The number of halogens is 1. The van der Waals surface area contributed by atoms with Crippen LogP contribution in [-0.2, 0) is 4.74 Å². The smallest absolute Gasteiger partial charge is 0.410 e. The van der Waals surface area contributed by atoms with Gasteiger partial charge in [-0.25, -0.2) is 19.2 Å². The molecular formula is C20H24FN5O3. The fraction of sp³-hybridized carbons (Fsp3) is 0.400. The lowest BCUT2D eigenvalue weighted by Gasteiger charge is -2.24. The quantitative estimate of drug-likeness (QED) is 0.817. The summed E-state index contributed by atoms with van der Waals surface area (Å²) in [6.07, 6.45) is 3.29. The average molecular weight is 401 g/mol. The van der Waals surface area contributed by atoms with Gasteiger partial charge in [-0.05, 0) is 51.5 Å². The van der Waals surface area contributed by atoms with Gasteiger partial charge < -0.3 is 20.3 Å². The maximum atomic E-state index is 14.4. The van der Waals surface area contributed by atoms with Gasteiger partial charge in [-0.3, -0.25) is 4.79 Å². The lowest BCUT2D eigenvalue weighted by Crippen LogP contribution is -2.40. The molecule has 29 heavy (non-hydrogen) atoms. The minimum atomic E-state index is -0.662. The zero-order chi connectivity index (χ0) is 21.0. The van der Waals surface area contributed by atoms with Gasteiger partial charge >= 0.3 is 6.09 Å². The molecule has 1 unspecified atom stereocenters. The van der Waals surface area contributed by atoms with Crippen LogP contribution >= 0.6 is 0 Å². The lowest BCUT2D eigenvalue weighted by atomic mass is 10.1. The molecule has 2 aromatic rings. The minimum Gasteiger partial charge on any atom is -0.444 e. The fourth-order valence-electron chi connectivity index (χ4n) is 2.90. The summed E-state index contributed by atoms with van der Waals surface area (Å²) in [6.45, 7) is 6.19. The number of carbonyl (C=O) groups excluding carboxylic acids is 2. The third-order valence-corrected chi connectivity index (χ3v) is 4.21. The molecule has 2 N–H and O–H groups in total. The third kappa shape index (κ3) is 5.63. The molecule has 1 aromatic carbocycles. The summed E-state index contributed by atoms with van der Waals surface area (Å²) in [5.41, 5.74) is -0.218. The predicted octanol–water partition coefficient (Wildman–Crippen LogP) is 3.10. The van der Waals surface area contributed by atoms with Gasteiger partial charge in [-0.1, -0.05) is 0 Å². The van der Waals surface area contributed by atoms with E-state index in [4.69, 9.17) is 4.74 Å². The van der Waals surface area contributed by atoms with Crippen LogP contribution < -0.4 is 10.6 Å². The highest BCUT2D eigenvalue weighted by Gasteiger charge is 2.31. The second-order valence-electron chi connectivity index (χ2n) is 7.78. The first kappa shape index (κ1) is 20.5. The van der Waals surface area contributed by atoms with Crippen LogP contribution in [0.1, 0.15) is 37.6 Å². The second-order valence-corrected chi connectivity index (χ2v) is 7.78. The molecular weight excluding hydrogens is 377 g/mol. The molecule has 1 aromatic heterocycles. The number of carbonyl (C=O) groups is 2. The molecule has 1 atom stereocenters. The Morgan fingerprint density at radius 2 is 1.97 bits per heavy atom. The van der Waals surface area contributed by atoms with E-state index in [1.54, 1.807) is 50.2 Å². The molecule has 0 spiro atoms. The summed E-state index contributed by atoms with van der Waals surface area (Å²) in [5.74, 6) is -0.858. The number of ether oxygens (including phenoxy) is 1. The van der Waals surface area contributed by atoms with Crippen LogP contribution in [0.2, 0.25) is 0 Å². The number of benzene rings is 1. The van der Waals surface area contributed by atoms with Crippen molar-refractivity contribution < 1.29 is 18.7 Å². The van der Waals surface area contributed by atoms with Crippen LogP contribution in [0.5, 0.6) is 0 Å². The number of hydrogen-bond donors (Lipinski definition) is 2. The molecule has 3 rings (SSSR count). The van der Waals surface area contributed by atoms with Gasteiger partial charge in [0.25, 0.3) is 5.91 Å². The van der Waals surface area contributed by atoms with Gasteiger partial charge in [-0.2, -0.15) is 0 Å². The molecule has 0 radical (unpaired) electrons. The van der Waals surface area contributed by atoms with Crippen LogP contribution in [0.4, 0.5) is 20.8 Å². The number of nitrogens with one attached hydrogen (secondary N) is 2. The number of hydrogen-bond acceptors (Lipinski definition) is 6. The van der Waals surface area contributed by atoms with Crippen LogP contribution in [-0.4, -0.2) is 51.6 Å². The van der Waals surface area contributed by atoms with Gasteiger partial charge in [0, 0.05) is 37.2 Å². The highest BCUT2D eigenvalue weighted by atomic mass is 19.1. The maximum Gasteiger partial charge on any atom is 0.410 e. The van der Waals surface area contributed by atoms with Crippen molar-refractivity contribution in [2.24, 2.45) is 0 Å². The molecule has 1 aliphatic rings. The standard InChI is InChI=1S/C20H24FN5O3/c1-20(2,3)29-19(28)26-10-7-14(12-26)24-17(27)15-6-5-13(11-16(15)21)25-18-22-8-4-9-23-18/h4-6,8-9,11,14H,7,10,12H2,1-3H3,(H,24,27)(H,22,23,25). The molecule has 154 valence electrons. The molecule has 1 aliphatic heterocycles. The van der Waals surface area contributed by atoms with Crippen molar-refractivity contribution in [2.75, 3.05) is 18.4 Å². The van der Waals surface area contributed by atoms with Gasteiger partial charge in [0.1, 0.15) is 11.4 Å². The first-order valence-corrected chi connectivity index (χ1v) is 9.34. The van der Waals surface area contributed by atoms with Crippen molar-refractivity contribution in [3.8, 4) is 0 Å². The number of rotatable bonds is 4. The molecule has 1 fully saturated rings. The third-order valence-electron chi connectivity index (χ3n) is 4.21. The zero-order valence-electron chi connectivity index (χ0n) is 16.6. The Morgan fingerprint density at radius 3 is 2.62 bits per heavy atom. The van der Waals surface area contributed by atoms with Gasteiger partial charge in [-0.15, -0.1) is 0 Å². The summed E-state index contributed by atoms with van der Waals surface area (Å²) in [4.78, 5) is 34.1. The van der Waals surface area contributed by atoms with Crippen molar-refractivity contribution in [3.05, 3.63) is 48.0 Å². The fourth-order valence-corrected chi connectivity index (χ4v) is 2.90. The molecule has 2 heterocycles. The Balaban J connectivity index is 1.58. The number of anilines is 2. The molecule has 0 aliphatic carbocycles. The first-order valence-electron chi connectivity index (χ1n) is 9.34. The monoisotopic (exact) mass is 401 g/mol. The van der Waals surface area contributed by atoms with E-state index in [1.807, 2.05) is 0 Å². The zero-order valence-corrected chi connectivity index (χ0v) is 16.6. The normalized spacial score (nSPS) is 16.4. The molecule has 8 nitrogen and oxygen atoms in total. The van der Waals surface area contributed by atoms with Crippen LogP contribution in [0.3, 0.4) is 0 Å². The Bertz CT molecular complexity index is 885. The van der Waals surface area contributed by atoms with E-state index < -0.39 is 23.4 Å². The van der Waals surface area contributed by atoms with Gasteiger partial charge in [0.05, 0.1) is 5.56 Å². The van der Waals surface area contributed by atoms with Crippen LogP contribution in [0.25, 0.3) is 0 Å². The van der Waals surface area contributed by atoms with Crippen molar-refractivity contribution in [3.63, 3.8) is 0 Å². The van der Waals surface area contributed by atoms with E-state index in [-0.39, 0.29) is 11.6 Å². The van der Waals surface area contributed by atoms with Crippen molar-refractivity contribution in [2.45, 2.75) is 38.8 Å². The molecule has 1 saturated heterocycles. The molecule has 0 saturated carbocycles. The Kier molecular flexibility index (Phi) is 5.95. The Labute approximate surface area is 168 Å². The highest BCUT2D eigenvalue weighted by molar-refractivity contribution is 5.95. The topological polar surface area (TPSA) is 96.5 Å². The van der Waals surface area contributed by atoms with E-state index in [2.05, 4.69) is 20.6 Å². The number of likely N-dealkylation sites (tertiary alicyclic amines) is 1. The molecule has 2 amide bonds. The van der Waals surface area contributed by atoms with Gasteiger partial charge in [0.2, 0.25) is 5.95 Å². The van der Waals surface area contributed by atoms with Crippen molar-refractivity contribution in [1.82, 2.24) is 20.2 Å². The van der Waals surface area contributed by atoms with E-state index in [1.165, 1.54) is 12.1 Å². The van der Waals surface area contributed by atoms with Crippen molar-refractivity contribution >= 4 is 23.6 Å². The van der Waals surface area contributed by atoms with E-state index in [9.17, 15) is 14.0 Å². The van der Waals surface area contributed by atoms with E-state index in [0.29, 0.717) is 31.1 Å². The largest absolute Gasteiger partial charge is 0.444 e. The highest BCUT2D eigenvalue weighted by Crippen LogP contribution is 2.19. The summed E-state index contributed by atoms with van der Waals surface area (Å²) < 4.78 is 19.8. The number of nitrogens with zero attached hydrogens (tertiary/aromatic N) is 3. The van der Waals surface area contributed by atoms with Crippen molar-refractivity contribution in [1.29, 1.82) is 0 Å². The number of amides is 2. The molecule has 9 heteroatoms. The average Bonchev–Trinajstić information content (AvgIpc) is 3.10. The maximum absolute atomic E-state index is 14.4. The minimum absolute atomic E-state index is 0.0692. The second kappa shape index (κ2) is 8.42. The van der Waals surface area contributed by atoms with E-state index >= 15 is 0 Å².